The molecule has 1 N–H and O–H groups in total. The van der Waals surface area contributed by atoms with Crippen molar-refractivity contribution in [2.45, 2.75) is 49.8 Å². The van der Waals surface area contributed by atoms with Crippen LogP contribution in [0.4, 0.5) is 0 Å². The van der Waals surface area contributed by atoms with Crippen LogP contribution in [-0.2, 0) is 11.3 Å². The highest BCUT2D eigenvalue weighted by atomic mass is 35.5. The summed E-state index contributed by atoms with van der Waals surface area (Å²) < 4.78 is 1.64. The van der Waals surface area contributed by atoms with Crippen LogP contribution in [0.5, 0.6) is 0 Å². The molecule has 0 saturated heterocycles. The number of carbonyl (C=O) groups is 1. The summed E-state index contributed by atoms with van der Waals surface area (Å²) in [5.41, 5.74) is 1.49. The van der Waals surface area contributed by atoms with Gasteiger partial charge in [0.1, 0.15) is 0 Å². The molecule has 1 amide bonds. The Balaban J connectivity index is 1.57. The highest BCUT2D eigenvalue weighted by Gasteiger charge is 2.17. The molecule has 1 aromatic heterocycles. The molecule has 0 unspecified atom stereocenters. The number of hydrogen-bond donors (Lipinski definition) is 1. The lowest BCUT2D eigenvalue weighted by Gasteiger charge is -2.22. The van der Waals surface area contributed by atoms with E-state index >= 15 is 0 Å². The quantitative estimate of drug-likeness (QED) is 0.447. The van der Waals surface area contributed by atoms with Crippen LogP contribution >= 0.6 is 23.4 Å². The van der Waals surface area contributed by atoms with Gasteiger partial charge in [-0.15, -0.1) is 0 Å². The summed E-state index contributed by atoms with van der Waals surface area (Å²) in [6.45, 7) is 0.375. The van der Waals surface area contributed by atoms with Gasteiger partial charge in [-0.2, -0.15) is 0 Å². The first kappa shape index (κ1) is 20.9. The maximum Gasteiger partial charge on any atom is 0.262 e. The highest BCUT2D eigenvalue weighted by Crippen LogP contribution is 2.21. The number of halogens is 1. The summed E-state index contributed by atoms with van der Waals surface area (Å²) in [6, 6.07) is 15.0. The van der Waals surface area contributed by atoms with Gasteiger partial charge in [-0.1, -0.05) is 66.9 Å². The fourth-order valence-electron chi connectivity index (χ4n) is 3.82. The first-order valence-electron chi connectivity index (χ1n) is 10.3. The Labute approximate surface area is 184 Å². The molecule has 1 saturated carbocycles. The molecule has 156 valence electrons. The summed E-state index contributed by atoms with van der Waals surface area (Å²) in [5.74, 6) is 0.231. The number of aromatic nitrogens is 2. The van der Waals surface area contributed by atoms with E-state index in [1.165, 1.54) is 31.0 Å². The summed E-state index contributed by atoms with van der Waals surface area (Å²) in [6.07, 6.45) is 5.69. The maximum absolute atomic E-state index is 13.2. The lowest BCUT2D eigenvalue weighted by molar-refractivity contribution is -0.119. The third-order valence-electron chi connectivity index (χ3n) is 5.38. The van der Waals surface area contributed by atoms with E-state index in [-0.39, 0.29) is 23.3 Å². The Morgan fingerprint density at radius 1 is 1.10 bits per heavy atom. The van der Waals surface area contributed by atoms with Crippen molar-refractivity contribution >= 4 is 40.2 Å². The second kappa shape index (κ2) is 9.67. The van der Waals surface area contributed by atoms with Crippen molar-refractivity contribution in [3.63, 3.8) is 0 Å². The molecule has 1 heterocycles. The monoisotopic (exact) mass is 441 g/mol. The summed E-state index contributed by atoms with van der Waals surface area (Å²) in [4.78, 5) is 30.3. The fraction of sp³-hybridized carbons (Fsp3) is 0.348. The average Bonchev–Trinajstić information content (AvgIpc) is 2.76. The smallest absolute Gasteiger partial charge is 0.262 e. The second-order valence-electron chi connectivity index (χ2n) is 7.62. The Hall–Kier alpha value is -2.31. The molecule has 0 radical (unpaired) electrons. The number of benzene rings is 2. The second-order valence-corrected chi connectivity index (χ2v) is 9.00. The SMILES string of the molecule is O=C(CSc1nc2ccccc2c(=O)n1Cc1ccc(Cl)cc1)NC1CCCCC1. The molecule has 0 atom stereocenters. The van der Waals surface area contributed by atoms with Crippen molar-refractivity contribution in [3.05, 3.63) is 69.5 Å². The molecule has 0 bridgehead atoms. The van der Waals surface area contributed by atoms with Crippen molar-refractivity contribution in [3.8, 4) is 0 Å². The molecule has 1 fully saturated rings. The van der Waals surface area contributed by atoms with Gasteiger partial charge in [0.05, 0.1) is 23.2 Å². The third-order valence-corrected chi connectivity index (χ3v) is 6.61. The molecule has 2 aromatic carbocycles. The van der Waals surface area contributed by atoms with Crippen LogP contribution in [-0.4, -0.2) is 27.3 Å². The van der Waals surface area contributed by atoms with E-state index < -0.39 is 0 Å². The predicted octanol–water partition coefficient (Wildman–Crippen LogP) is 4.64. The van der Waals surface area contributed by atoms with Crippen LogP contribution in [0.15, 0.2) is 58.5 Å². The zero-order valence-electron chi connectivity index (χ0n) is 16.6. The highest BCUT2D eigenvalue weighted by molar-refractivity contribution is 7.99. The first-order chi connectivity index (χ1) is 14.6. The molecule has 0 spiro atoms. The van der Waals surface area contributed by atoms with E-state index in [4.69, 9.17) is 11.6 Å². The topological polar surface area (TPSA) is 64.0 Å². The molecule has 7 heteroatoms. The molecule has 1 aliphatic carbocycles. The van der Waals surface area contributed by atoms with Crippen LogP contribution in [0, 0.1) is 0 Å². The molecular weight excluding hydrogens is 418 g/mol. The first-order valence-corrected chi connectivity index (χ1v) is 11.6. The van der Waals surface area contributed by atoms with Crippen LogP contribution < -0.4 is 10.9 Å². The van der Waals surface area contributed by atoms with Crippen molar-refractivity contribution in [2.75, 3.05) is 5.75 Å². The van der Waals surface area contributed by atoms with Gasteiger partial charge in [-0.3, -0.25) is 14.2 Å². The average molecular weight is 442 g/mol. The summed E-state index contributed by atoms with van der Waals surface area (Å²) >= 11 is 7.30. The molecule has 3 aromatic rings. The van der Waals surface area contributed by atoms with Crippen LogP contribution in [0.3, 0.4) is 0 Å². The normalized spacial score (nSPS) is 14.7. The molecule has 5 nitrogen and oxygen atoms in total. The van der Waals surface area contributed by atoms with Gasteiger partial charge in [0.25, 0.3) is 5.56 Å². The Bertz CT molecular complexity index is 1090. The van der Waals surface area contributed by atoms with E-state index in [0.29, 0.717) is 27.6 Å². The summed E-state index contributed by atoms with van der Waals surface area (Å²) in [7, 11) is 0. The van der Waals surface area contributed by atoms with Gasteiger partial charge in [-0.25, -0.2) is 4.98 Å². The molecule has 4 rings (SSSR count). The minimum Gasteiger partial charge on any atom is -0.353 e. The largest absolute Gasteiger partial charge is 0.353 e. The van der Waals surface area contributed by atoms with Gasteiger partial charge >= 0.3 is 0 Å². The molecule has 30 heavy (non-hydrogen) atoms. The zero-order chi connectivity index (χ0) is 20.9. The van der Waals surface area contributed by atoms with Crippen LogP contribution in [0.2, 0.25) is 5.02 Å². The number of amides is 1. The number of carbonyl (C=O) groups excluding carboxylic acids is 1. The molecule has 1 aliphatic rings. The van der Waals surface area contributed by atoms with Gasteiger partial charge in [0.15, 0.2) is 5.16 Å². The number of rotatable bonds is 6. The predicted molar refractivity (Wildman–Crippen MR) is 122 cm³/mol. The van der Waals surface area contributed by atoms with Crippen molar-refractivity contribution in [2.24, 2.45) is 0 Å². The van der Waals surface area contributed by atoms with E-state index in [1.807, 2.05) is 30.3 Å². The van der Waals surface area contributed by atoms with Crippen molar-refractivity contribution < 1.29 is 4.79 Å². The number of nitrogens with one attached hydrogen (secondary N) is 1. The Morgan fingerprint density at radius 3 is 2.60 bits per heavy atom. The lowest BCUT2D eigenvalue weighted by atomic mass is 9.95. The van der Waals surface area contributed by atoms with Crippen LogP contribution in [0.1, 0.15) is 37.7 Å². The fourth-order valence-corrected chi connectivity index (χ4v) is 4.75. The maximum atomic E-state index is 13.2. The van der Waals surface area contributed by atoms with E-state index in [2.05, 4.69) is 10.3 Å². The Morgan fingerprint density at radius 2 is 1.83 bits per heavy atom. The van der Waals surface area contributed by atoms with Crippen LogP contribution in [0.25, 0.3) is 10.9 Å². The Kier molecular flexibility index (Phi) is 6.75. The minimum atomic E-state index is -0.106. The van der Waals surface area contributed by atoms with Gasteiger partial charge in [-0.05, 0) is 42.7 Å². The van der Waals surface area contributed by atoms with Crippen molar-refractivity contribution in [1.82, 2.24) is 14.9 Å². The van der Waals surface area contributed by atoms with Crippen molar-refractivity contribution in [1.29, 1.82) is 0 Å². The molecule has 0 aliphatic heterocycles. The number of hydrogen-bond acceptors (Lipinski definition) is 4. The minimum absolute atomic E-state index is 0.00708. The zero-order valence-corrected chi connectivity index (χ0v) is 18.2. The van der Waals surface area contributed by atoms with Gasteiger partial charge in [0.2, 0.25) is 5.91 Å². The standard InChI is InChI=1S/C23H24ClN3O2S/c24-17-12-10-16(11-13-17)14-27-22(29)19-8-4-5-9-20(19)26-23(27)30-15-21(28)25-18-6-2-1-3-7-18/h4-5,8-13,18H,1-3,6-7,14-15H2,(H,25,28). The number of para-hydroxylation sites is 1. The van der Waals surface area contributed by atoms with Gasteiger partial charge < -0.3 is 5.32 Å². The van der Waals surface area contributed by atoms with E-state index in [0.717, 1.165) is 18.4 Å². The van der Waals surface area contributed by atoms with Gasteiger partial charge in [0, 0.05) is 11.1 Å². The number of thioether (sulfide) groups is 1. The van der Waals surface area contributed by atoms with E-state index in [1.54, 1.807) is 22.8 Å². The van der Waals surface area contributed by atoms with E-state index in [9.17, 15) is 9.59 Å². The number of nitrogens with zero attached hydrogens (tertiary/aromatic N) is 2. The number of fused-ring (bicyclic) bond motifs is 1. The molecular formula is C23H24ClN3O2S. The third kappa shape index (κ3) is 5.05. The summed E-state index contributed by atoms with van der Waals surface area (Å²) in [5, 5.41) is 4.90. The lowest BCUT2D eigenvalue weighted by Crippen LogP contribution is -2.37.